The summed E-state index contributed by atoms with van der Waals surface area (Å²) >= 11 is 0. The van der Waals surface area contributed by atoms with E-state index in [9.17, 15) is 4.79 Å². The van der Waals surface area contributed by atoms with Gasteiger partial charge in [0.1, 0.15) is 11.5 Å². The average molecular weight is 176 g/mol. The van der Waals surface area contributed by atoms with Gasteiger partial charge < -0.3 is 4.42 Å². The molecule has 1 atom stereocenters. The van der Waals surface area contributed by atoms with Crippen LogP contribution in [0, 0.1) is 19.3 Å². The number of hydrogen-bond donors (Lipinski definition) is 0. The van der Waals surface area contributed by atoms with Gasteiger partial charge >= 0.3 is 0 Å². The predicted molar refractivity (Wildman–Crippen MR) is 50.3 cm³/mol. The molecule has 0 saturated carbocycles. The van der Waals surface area contributed by atoms with Crippen LogP contribution in [0.15, 0.2) is 16.5 Å². The molecule has 2 nitrogen and oxygen atoms in total. The van der Waals surface area contributed by atoms with Crippen molar-refractivity contribution < 1.29 is 9.21 Å². The minimum absolute atomic E-state index is 0.0669. The van der Waals surface area contributed by atoms with Gasteiger partial charge in [-0.05, 0) is 25.0 Å². The second kappa shape index (κ2) is 3.95. The molecule has 2 heteroatoms. The van der Waals surface area contributed by atoms with Crippen molar-refractivity contribution in [2.75, 3.05) is 0 Å². The van der Waals surface area contributed by atoms with Gasteiger partial charge in [-0.1, -0.05) is 6.92 Å². The zero-order chi connectivity index (χ0) is 9.84. The maximum absolute atomic E-state index is 10.9. The van der Waals surface area contributed by atoms with Crippen LogP contribution in [0.4, 0.5) is 0 Å². The summed E-state index contributed by atoms with van der Waals surface area (Å²) < 4.78 is 5.37. The van der Waals surface area contributed by atoms with Gasteiger partial charge in [-0.25, -0.2) is 0 Å². The molecule has 0 aliphatic heterocycles. The summed E-state index contributed by atoms with van der Waals surface area (Å²) in [5.41, 5.74) is 0. The largest absolute Gasteiger partial charge is 0.466 e. The number of carbonyl (C=O) groups is 1. The van der Waals surface area contributed by atoms with Gasteiger partial charge in [-0.2, -0.15) is 0 Å². The molecule has 13 heavy (non-hydrogen) atoms. The monoisotopic (exact) mass is 176 g/mol. The number of carbonyl (C=O) groups excluding carboxylic acids is 1. The molecule has 1 unspecified atom stereocenters. The highest BCUT2D eigenvalue weighted by molar-refractivity contribution is 5.95. The van der Waals surface area contributed by atoms with E-state index in [2.05, 4.69) is 5.92 Å². The Hall–Kier alpha value is -1.49. The molecule has 0 radical (unpaired) electrons. The Morgan fingerprint density at radius 3 is 2.85 bits per heavy atom. The number of rotatable bonds is 3. The zero-order valence-electron chi connectivity index (χ0n) is 7.83. The van der Waals surface area contributed by atoms with Gasteiger partial charge in [0.15, 0.2) is 0 Å². The van der Waals surface area contributed by atoms with Crippen molar-refractivity contribution in [3.63, 3.8) is 0 Å². The van der Waals surface area contributed by atoms with Crippen LogP contribution in [0.5, 0.6) is 0 Å². The topological polar surface area (TPSA) is 30.2 Å². The minimum atomic E-state index is -0.179. The number of Topliss-reactive ketones (excluding diaryl/α,β-unsaturated/α-hetero) is 1. The van der Waals surface area contributed by atoms with Crippen LogP contribution in [-0.2, 0) is 4.79 Å². The lowest BCUT2D eigenvalue weighted by molar-refractivity contribution is -0.114. The normalized spacial score (nSPS) is 12.1. The highest BCUT2D eigenvalue weighted by atomic mass is 16.3. The summed E-state index contributed by atoms with van der Waals surface area (Å²) in [6.07, 6.45) is 5.32. The van der Waals surface area contributed by atoms with E-state index in [1.54, 1.807) is 0 Å². The van der Waals surface area contributed by atoms with Crippen molar-refractivity contribution in [1.29, 1.82) is 0 Å². The Morgan fingerprint density at radius 2 is 2.38 bits per heavy atom. The molecule has 1 aromatic rings. The first-order chi connectivity index (χ1) is 6.13. The molecule has 1 heterocycles. The van der Waals surface area contributed by atoms with Crippen molar-refractivity contribution in [2.24, 2.45) is 0 Å². The third-order valence-corrected chi connectivity index (χ3v) is 1.90. The number of hydrogen-bond acceptors (Lipinski definition) is 2. The molecule has 0 aromatic carbocycles. The van der Waals surface area contributed by atoms with Crippen LogP contribution >= 0.6 is 0 Å². The molecule has 0 aliphatic rings. The quantitative estimate of drug-likeness (QED) is 0.522. The lowest BCUT2D eigenvalue weighted by Gasteiger charge is -2.03. The lowest BCUT2D eigenvalue weighted by atomic mass is 10.0. The van der Waals surface area contributed by atoms with E-state index in [0.717, 1.165) is 11.5 Å². The van der Waals surface area contributed by atoms with E-state index in [0.29, 0.717) is 6.42 Å². The smallest absolute Gasteiger partial charge is 0.205 e. The van der Waals surface area contributed by atoms with Crippen LogP contribution in [0.1, 0.15) is 30.8 Å². The zero-order valence-corrected chi connectivity index (χ0v) is 7.83. The molecule has 0 amide bonds. The van der Waals surface area contributed by atoms with Crippen molar-refractivity contribution in [3.05, 3.63) is 23.7 Å². The predicted octanol–water partition coefficient (Wildman–Crippen LogP) is 2.28. The molecule has 0 saturated heterocycles. The summed E-state index contributed by atoms with van der Waals surface area (Å²) in [5.74, 6) is 3.66. The maximum atomic E-state index is 10.9. The minimum Gasteiger partial charge on any atom is -0.466 e. The van der Waals surface area contributed by atoms with E-state index in [1.807, 2.05) is 26.0 Å². The number of furan rings is 1. The third kappa shape index (κ3) is 2.48. The molecule has 0 bridgehead atoms. The third-order valence-electron chi connectivity index (χ3n) is 1.90. The Kier molecular flexibility index (Phi) is 2.92. The van der Waals surface area contributed by atoms with Crippen LogP contribution in [0.3, 0.4) is 0 Å². The summed E-state index contributed by atoms with van der Waals surface area (Å²) in [6, 6.07) is 3.76. The fourth-order valence-electron chi connectivity index (χ4n) is 1.16. The molecule has 0 aliphatic carbocycles. The molecule has 0 spiro atoms. The van der Waals surface area contributed by atoms with Crippen LogP contribution < -0.4 is 0 Å². The number of aryl methyl sites for hydroxylation is 1. The Balaban J connectivity index is 2.64. The van der Waals surface area contributed by atoms with E-state index in [-0.39, 0.29) is 11.7 Å². The van der Waals surface area contributed by atoms with Crippen molar-refractivity contribution in [2.45, 2.75) is 26.2 Å². The lowest BCUT2D eigenvalue weighted by Crippen LogP contribution is -2.00. The SMILES string of the molecule is C#CC(=O)CC(C)c1ccc(C)o1. The molecule has 1 rings (SSSR count). The number of ketones is 1. The summed E-state index contributed by atoms with van der Waals surface area (Å²) in [5, 5.41) is 0. The Labute approximate surface area is 77.9 Å². The first kappa shape index (κ1) is 9.60. The van der Waals surface area contributed by atoms with Crippen LogP contribution in [-0.4, -0.2) is 5.78 Å². The first-order valence-electron chi connectivity index (χ1n) is 4.19. The maximum Gasteiger partial charge on any atom is 0.205 e. The molecule has 1 aromatic heterocycles. The summed E-state index contributed by atoms with van der Waals surface area (Å²) in [7, 11) is 0. The van der Waals surface area contributed by atoms with E-state index >= 15 is 0 Å². The van der Waals surface area contributed by atoms with Crippen molar-refractivity contribution >= 4 is 5.78 Å². The molecule has 68 valence electrons. The van der Waals surface area contributed by atoms with Gasteiger partial charge in [-0.3, -0.25) is 4.79 Å². The van der Waals surface area contributed by atoms with E-state index in [4.69, 9.17) is 10.8 Å². The van der Waals surface area contributed by atoms with Gasteiger partial charge in [0.2, 0.25) is 5.78 Å². The second-order valence-corrected chi connectivity index (χ2v) is 3.12. The van der Waals surface area contributed by atoms with Crippen LogP contribution in [0.2, 0.25) is 0 Å². The molecule has 0 N–H and O–H groups in total. The first-order valence-corrected chi connectivity index (χ1v) is 4.19. The van der Waals surface area contributed by atoms with Gasteiger partial charge in [0, 0.05) is 12.3 Å². The van der Waals surface area contributed by atoms with Crippen molar-refractivity contribution in [1.82, 2.24) is 0 Å². The Bertz CT molecular complexity index is 341. The highest BCUT2D eigenvalue weighted by Crippen LogP contribution is 2.21. The van der Waals surface area contributed by atoms with Gasteiger partial charge in [0.05, 0.1) is 0 Å². The standard InChI is InChI=1S/C11H12O2/c1-4-10(12)7-8(2)11-6-5-9(3)13-11/h1,5-6,8H,7H2,2-3H3. The van der Waals surface area contributed by atoms with Gasteiger partial charge in [0.25, 0.3) is 0 Å². The Morgan fingerprint density at radius 1 is 1.69 bits per heavy atom. The average Bonchev–Trinajstić information content (AvgIpc) is 2.51. The second-order valence-electron chi connectivity index (χ2n) is 3.12. The number of terminal acetylenes is 1. The van der Waals surface area contributed by atoms with Gasteiger partial charge in [-0.15, -0.1) is 6.42 Å². The fourth-order valence-corrected chi connectivity index (χ4v) is 1.16. The molecular formula is C11H12O2. The fraction of sp³-hybridized carbons (Fsp3) is 0.364. The van der Waals surface area contributed by atoms with Crippen LogP contribution in [0.25, 0.3) is 0 Å². The molecule has 0 fully saturated rings. The summed E-state index contributed by atoms with van der Waals surface area (Å²) in [6.45, 7) is 3.80. The highest BCUT2D eigenvalue weighted by Gasteiger charge is 2.12. The van der Waals surface area contributed by atoms with E-state index in [1.165, 1.54) is 0 Å². The van der Waals surface area contributed by atoms with E-state index < -0.39 is 0 Å². The molecular weight excluding hydrogens is 164 g/mol. The summed E-state index contributed by atoms with van der Waals surface area (Å²) in [4.78, 5) is 10.9. The van der Waals surface area contributed by atoms with Crippen molar-refractivity contribution in [3.8, 4) is 12.3 Å².